The Morgan fingerprint density at radius 3 is 0.657 bits per heavy atom. The van der Waals surface area contributed by atoms with Crippen LogP contribution in [0.25, 0.3) is 0 Å². The quantitative estimate of drug-likeness (QED) is 0.0713. The molecule has 0 aromatic carbocycles. The molecule has 1 radical (unpaired) electrons. The van der Waals surface area contributed by atoms with Crippen LogP contribution in [0.1, 0.15) is 0 Å². The second-order valence-corrected chi connectivity index (χ2v) is 7.34. The van der Waals surface area contributed by atoms with Gasteiger partial charge in [0.25, 0.3) is 0 Å². The summed E-state index contributed by atoms with van der Waals surface area (Å²) in [5, 5.41) is 53.8. The molecule has 35 heavy (non-hydrogen) atoms. The Bertz CT molecular complexity index is 646. The van der Waals surface area contributed by atoms with Crippen molar-refractivity contribution in [2.75, 3.05) is 78.5 Å². The number of hydrogen-bond acceptors (Lipinski definition) is 10. The maximum absolute atomic E-state index is 11.2. The minimum Gasteiger partial charge on any atom is -0.480 e. The molecule has 0 bridgehead atoms. The van der Waals surface area contributed by atoms with Crippen molar-refractivity contribution in [3.63, 3.8) is 0 Å². The summed E-state index contributed by atoms with van der Waals surface area (Å²) < 4.78 is 0. The Morgan fingerprint density at radius 1 is 0.343 bits per heavy atom. The fourth-order valence-electron chi connectivity index (χ4n) is 2.96. The predicted octanol–water partition coefficient (Wildman–Crippen LogP) is -3.30. The molecule has 0 unspecified atom stereocenters. The van der Waals surface area contributed by atoms with Gasteiger partial charge in [0.2, 0.25) is 0 Å². The van der Waals surface area contributed by atoms with E-state index in [1.165, 1.54) is 9.80 Å². The third-order valence-corrected chi connectivity index (χ3v) is 4.35. The molecule has 0 rings (SSSR count). The fourth-order valence-corrected chi connectivity index (χ4v) is 2.96. The van der Waals surface area contributed by atoms with Crippen molar-refractivity contribution in [1.29, 1.82) is 0 Å². The molecular weight excluding hydrogens is 621 g/mol. The molecule has 16 nitrogen and oxygen atoms in total. The molecule has 0 aliphatic rings. The van der Waals surface area contributed by atoms with E-state index in [4.69, 9.17) is 30.6 Å². The maximum Gasteiger partial charge on any atom is 3.00 e. The topological polar surface area (TPSA) is 237 Å². The van der Waals surface area contributed by atoms with Crippen molar-refractivity contribution in [2.24, 2.45) is 0 Å². The predicted molar refractivity (Wildman–Crippen MR) is 112 cm³/mol. The number of carbonyl (C=O) groups is 6. The Balaban J connectivity index is 0. The molecule has 0 fully saturated rings. The second-order valence-electron chi connectivity index (χ2n) is 7.34. The summed E-state index contributed by atoms with van der Waals surface area (Å²) in [6, 6.07) is 0. The van der Waals surface area contributed by atoms with Crippen LogP contribution in [0, 0.1) is 39.9 Å². The van der Waals surface area contributed by atoms with E-state index >= 15 is 0 Å². The van der Waals surface area contributed by atoms with Gasteiger partial charge in [-0.1, -0.05) is 0 Å². The zero-order chi connectivity index (χ0) is 26.3. The molecule has 0 aliphatic heterocycles. The van der Waals surface area contributed by atoms with E-state index in [0.29, 0.717) is 0 Å². The summed E-state index contributed by atoms with van der Waals surface area (Å²) in [5.41, 5.74) is 0. The maximum atomic E-state index is 11.2. The van der Waals surface area contributed by atoms with Gasteiger partial charge in [0.1, 0.15) is 0 Å². The zero-order valence-corrected chi connectivity index (χ0v) is 21.0. The Labute approximate surface area is 232 Å². The van der Waals surface area contributed by atoms with Crippen molar-refractivity contribution in [3.8, 4) is 0 Å². The molecule has 0 saturated carbocycles. The minimum atomic E-state index is -1.26. The molecule has 0 aromatic heterocycles. The van der Waals surface area contributed by atoms with Gasteiger partial charge in [-0.15, -0.1) is 0 Å². The van der Waals surface area contributed by atoms with Crippen LogP contribution < -0.4 is 0 Å². The van der Waals surface area contributed by atoms with Gasteiger partial charge < -0.3 is 30.6 Å². The number of nitrogens with zero attached hydrogens (tertiary/aromatic N) is 4. The summed E-state index contributed by atoms with van der Waals surface area (Å²) in [5.74, 6) is -7.45. The summed E-state index contributed by atoms with van der Waals surface area (Å²) in [4.78, 5) is 71.0. The smallest absolute Gasteiger partial charge is 0.480 e. The summed E-state index contributed by atoms with van der Waals surface area (Å²) in [7, 11) is 0. The van der Waals surface area contributed by atoms with Gasteiger partial charge in [-0.2, -0.15) is 0 Å². The number of rotatable bonds is 21. The van der Waals surface area contributed by atoms with Gasteiger partial charge >= 0.3 is 75.8 Å². The normalized spacial score (nSPS) is 11.0. The van der Waals surface area contributed by atoms with Crippen LogP contribution in [0.4, 0.5) is 0 Å². The molecule has 0 saturated heterocycles. The van der Waals surface area contributed by atoms with Crippen LogP contribution in [0.5, 0.6) is 0 Å². The SMILES string of the molecule is O=C(O)CN(CCN(CCN(CC(=O)O)CC(=O)O)CC(=O)O)CCN(CC(=O)O)CC(=O)O.[Gd+3]. The largest absolute Gasteiger partial charge is 3.00 e. The first-order valence-corrected chi connectivity index (χ1v) is 9.98. The number of aliphatic carboxylic acids is 6. The molecule has 199 valence electrons. The second kappa shape index (κ2) is 19.2. The van der Waals surface area contributed by atoms with Gasteiger partial charge in [-0.05, 0) is 0 Å². The van der Waals surface area contributed by atoms with Crippen molar-refractivity contribution in [2.45, 2.75) is 0 Å². The van der Waals surface area contributed by atoms with E-state index in [1.807, 2.05) is 0 Å². The van der Waals surface area contributed by atoms with Crippen molar-refractivity contribution >= 4 is 35.8 Å². The number of hydrogen-bond donors (Lipinski definition) is 6. The molecule has 17 heteroatoms. The molecular formula is C18H30GdN4O12+3. The molecule has 0 aromatic rings. The zero-order valence-electron chi connectivity index (χ0n) is 18.8. The summed E-state index contributed by atoms with van der Waals surface area (Å²) >= 11 is 0. The van der Waals surface area contributed by atoms with Crippen LogP contribution in [-0.4, -0.2) is 165 Å². The molecule has 0 aliphatic carbocycles. The van der Waals surface area contributed by atoms with Crippen molar-refractivity contribution < 1.29 is 99.3 Å². The van der Waals surface area contributed by atoms with Gasteiger partial charge in [-0.3, -0.25) is 48.4 Å². The van der Waals surface area contributed by atoms with Crippen LogP contribution in [0.2, 0.25) is 0 Å². The van der Waals surface area contributed by atoms with E-state index in [-0.39, 0.29) is 79.2 Å². The monoisotopic (exact) mass is 652 g/mol. The first-order chi connectivity index (χ1) is 15.8. The van der Waals surface area contributed by atoms with E-state index in [0.717, 1.165) is 9.80 Å². The van der Waals surface area contributed by atoms with E-state index in [2.05, 4.69) is 0 Å². The van der Waals surface area contributed by atoms with E-state index in [1.54, 1.807) is 0 Å². The Kier molecular flexibility index (Phi) is 19.3. The van der Waals surface area contributed by atoms with Crippen molar-refractivity contribution in [1.82, 2.24) is 19.6 Å². The van der Waals surface area contributed by atoms with Crippen LogP contribution in [-0.2, 0) is 28.8 Å². The molecule has 0 heterocycles. The molecule has 6 N–H and O–H groups in total. The fraction of sp³-hybridized carbons (Fsp3) is 0.667. The third kappa shape index (κ3) is 21.0. The van der Waals surface area contributed by atoms with Crippen LogP contribution in [0.3, 0.4) is 0 Å². The van der Waals surface area contributed by atoms with Crippen molar-refractivity contribution in [3.05, 3.63) is 0 Å². The first kappa shape index (κ1) is 35.1. The van der Waals surface area contributed by atoms with Gasteiger partial charge in [0.15, 0.2) is 0 Å². The van der Waals surface area contributed by atoms with Gasteiger partial charge in [-0.25, -0.2) is 0 Å². The van der Waals surface area contributed by atoms with E-state index in [9.17, 15) is 28.8 Å². The molecule has 0 atom stereocenters. The summed E-state index contributed by atoms with van der Waals surface area (Å²) in [6.07, 6.45) is 0. The van der Waals surface area contributed by atoms with Crippen LogP contribution in [0.15, 0.2) is 0 Å². The van der Waals surface area contributed by atoms with Gasteiger partial charge in [0, 0.05) is 39.3 Å². The average Bonchev–Trinajstić information content (AvgIpc) is 2.64. The number of carboxylic acid groups (broad SMARTS) is 6. The first-order valence-electron chi connectivity index (χ1n) is 9.98. The Hall–Kier alpha value is -2.02. The average molecular weight is 652 g/mol. The minimum absolute atomic E-state index is 0. The van der Waals surface area contributed by atoms with E-state index < -0.39 is 75.1 Å². The molecule has 0 amide bonds. The van der Waals surface area contributed by atoms with Gasteiger partial charge in [0.05, 0.1) is 39.3 Å². The standard InChI is InChI=1S/C18H30N4O12.Gd/c23-13(24)7-19(3-5-21(9-15(27)28)10-16(29)30)1-2-20(8-14(25)26)4-6-22(11-17(31)32)12-18(33)34;/h1-12H2,(H,23,24)(H,25,26)(H,27,28)(H,29,30)(H,31,32)(H,33,34);/q;+3. The third-order valence-electron chi connectivity index (χ3n) is 4.35. The van der Waals surface area contributed by atoms with Crippen LogP contribution >= 0.6 is 0 Å². The number of carboxylic acids is 6. The Morgan fingerprint density at radius 2 is 0.486 bits per heavy atom. The molecule has 0 spiro atoms. The summed E-state index contributed by atoms with van der Waals surface area (Å²) in [6.45, 7) is -3.36.